The average molecular weight is 257 g/mol. The smallest absolute Gasteiger partial charge is 0.310 e. The van der Waals surface area contributed by atoms with Crippen molar-refractivity contribution in [2.75, 3.05) is 26.3 Å². The van der Waals surface area contributed by atoms with Crippen molar-refractivity contribution in [3.05, 3.63) is 0 Å². The van der Waals surface area contributed by atoms with Gasteiger partial charge in [-0.2, -0.15) is 0 Å². The zero-order valence-electron chi connectivity index (χ0n) is 11.2. The van der Waals surface area contributed by atoms with Crippen LogP contribution in [0.2, 0.25) is 0 Å². The highest BCUT2D eigenvalue weighted by Gasteiger charge is 2.38. The fourth-order valence-electron chi connectivity index (χ4n) is 2.92. The van der Waals surface area contributed by atoms with Gasteiger partial charge in [-0.05, 0) is 26.3 Å². The molecule has 2 rings (SSSR count). The molecular weight excluding hydrogens is 234 g/mol. The van der Waals surface area contributed by atoms with Crippen molar-refractivity contribution >= 4 is 5.97 Å². The van der Waals surface area contributed by atoms with Crippen LogP contribution in [0.15, 0.2) is 0 Å². The highest BCUT2D eigenvalue weighted by atomic mass is 16.5. The lowest BCUT2D eigenvalue weighted by Gasteiger charge is -2.31. The fraction of sp³-hybridized carbons (Fsp3) is 0.923. The van der Waals surface area contributed by atoms with E-state index in [0.717, 1.165) is 25.9 Å². The van der Waals surface area contributed by atoms with Gasteiger partial charge in [0.2, 0.25) is 0 Å². The summed E-state index contributed by atoms with van der Waals surface area (Å²) in [4.78, 5) is 13.4. The maximum atomic E-state index is 11.2. The van der Waals surface area contributed by atoms with E-state index in [1.165, 1.54) is 0 Å². The molecule has 1 N–H and O–H groups in total. The number of aliphatic carboxylic acids is 1. The van der Waals surface area contributed by atoms with E-state index in [1.54, 1.807) is 0 Å². The van der Waals surface area contributed by atoms with Crippen LogP contribution < -0.4 is 0 Å². The van der Waals surface area contributed by atoms with Crippen LogP contribution in [0, 0.1) is 5.92 Å². The number of carboxylic acid groups (broad SMARTS) is 1. The summed E-state index contributed by atoms with van der Waals surface area (Å²) in [6, 6.07) is -0.00740. The average Bonchev–Trinajstić information content (AvgIpc) is 2.94. The Balaban J connectivity index is 1.93. The van der Waals surface area contributed by atoms with Gasteiger partial charge in [-0.3, -0.25) is 9.69 Å². The molecule has 0 amide bonds. The minimum absolute atomic E-state index is 0.00740. The van der Waals surface area contributed by atoms with Crippen LogP contribution in [-0.4, -0.2) is 60.5 Å². The third kappa shape index (κ3) is 3.02. The zero-order valence-corrected chi connectivity index (χ0v) is 11.2. The molecule has 2 aliphatic heterocycles. The molecule has 0 saturated carbocycles. The van der Waals surface area contributed by atoms with Crippen molar-refractivity contribution in [3.63, 3.8) is 0 Å². The van der Waals surface area contributed by atoms with Crippen LogP contribution in [0.25, 0.3) is 0 Å². The van der Waals surface area contributed by atoms with Crippen molar-refractivity contribution in [2.24, 2.45) is 5.92 Å². The van der Waals surface area contributed by atoms with Gasteiger partial charge in [0.1, 0.15) is 0 Å². The van der Waals surface area contributed by atoms with Crippen molar-refractivity contribution in [2.45, 2.75) is 44.9 Å². The quantitative estimate of drug-likeness (QED) is 0.795. The summed E-state index contributed by atoms with van der Waals surface area (Å²) < 4.78 is 11.2. The predicted octanol–water partition coefficient (Wildman–Crippen LogP) is 0.975. The van der Waals surface area contributed by atoms with Crippen LogP contribution in [0.1, 0.15) is 26.7 Å². The molecule has 0 spiro atoms. The van der Waals surface area contributed by atoms with E-state index < -0.39 is 11.9 Å². The van der Waals surface area contributed by atoms with Crippen molar-refractivity contribution in [3.8, 4) is 0 Å². The van der Waals surface area contributed by atoms with E-state index in [0.29, 0.717) is 19.3 Å². The molecule has 4 atom stereocenters. The van der Waals surface area contributed by atoms with E-state index in [4.69, 9.17) is 9.47 Å². The minimum atomic E-state index is -0.753. The normalized spacial score (nSPS) is 36.4. The summed E-state index contributed by atoms with van der Waals surface area (Å²) in [6.45, 7) is 6.67. The molecule has 2 heterocycles. The summed E-state index contributed by atoms with van der Waals surface area (Å²) in [5.41, 5.74) is 0. The maximum Gasteiger partial charge on any atom is 0.310 e. The second kappa shape index (κ2) is 5.99. The van der Waals surface area contributed by atoms with Gasteiger partial charge in [0.15, 0.2) is 0 Å². The van der Waals surface area contributed by atoms with E-state index in [1.807, 2.05) is 0 Å². The summed E-state index contributed by atoms with van der Waals surface area (Å²) in [7, 11) is 0. The topological polar surface area (TPSA) is 59.0 Å². The van der Waals surface area contributed by atoms with Gasteiger partial charge in [0.25, 0.3) is 0 Å². The number of likely N-dealkylation sites (N-methyl/N-ethyl adjacent to an activating group) is 1. The Kier molecular flexibility index (Phi) is 4.59. The van der Waals surface area contributed by atoms with E-state index in [2.05, 4.69) is 18.7 Å². The third-order valence-electron chi connectivity index (χ3n) is 4.00. The van der Waals surface area contributed by atoms with Crippen LogP contribution in [0.5, 0.6) is 0 Å². The van der Waals surface area contributed by atoms with Gasteiger partial charge in [0.05, 0.1) is 31.3 Å². The molecule has 0 radical (unpaired) electrons. The van der Waals surface area contributed by atoms with Crippen LogP contribution in [0.3, 0.4) is 0 Å². The third-order valence-corrected chi connectivity index (χ3v) is 4.00. The molecule has 2 aliphatic rings. The molecule has 0 aromatic carbocycles. The second-order valence-electron chi connectivity index (χ2n) is 5.28. The summed E-state index contributed by atoms with van der Waals surface area (Å²) in [5, 5.41) is 9.19. The standard InChI is InChI=1S/C13H23NO4/c1-3-14(6-10-5-4-9(2)18-10)12-8-17-7-11(12)13(15)16/h9-12H,3-8H2,1-2H3,(H,15,16). The van der Waals surface area contributed by atoms with Gasteiger partial charge >= 0.3 is 5.97 Å². The number of carboxylic acids is 1. The molecule has 18 heavy (non-hydrogen) atoms. The molecule has 5 heteroatoms. The molecule has 0 aliphatic carbocycles. The number of rotatable bonds is 5. The maximum absolute atomic E-state index is 11.2. The zero-order chi connectivity index (χ0) is 13.1. The molecule has 2 fully saturated rings. The van der Waals surface area contributed by atoms with Gasteiger partial charge < -0.3 is 14.6 Å². The van der Waals surface area contributed by atoms with Gasteiger partial charge in [0, 0.05) is 12.6 Å². The largest absolute Gasteiger partial charge is 0.481 e. The first kappa shape index (κ1) is 13.8. The number of carbonyl (C=O) groups is 1. The molecule has 0 bridgehead atoms. The molecular formula is C13H23NO4. The molecule has 104 valence electrons. The van der Waals surface area contributed by atoms with Gasteiger partial charge in [-0.1, -0.05) is 6.92 Å². The van der Waals surface area contributed by atoms with Gasteiger partial charge in [-0.25, -0.2) is 0 Å². The lowest BCUT2D eigenvalue weighted by molar-refractivity contribution is -0.143. The van der Waals surface area contributed by atoms with Crippen molar-refractivity contribution in [1.29, 1.82) is 0 Å². The lowest BCUT2D eigenvalue weighted by Crippen LogP contribution is -2.46. The van der Waals surface area contributed by atoms with Crippen molar-refractivity contribution < 1.29 is 19.4 Å². The van der Waals surface area contributed by atoms with Crippen LogP contribution >= 0.6 is 0 Å². The molecule has 4 unspecified atom stereocenters. The molecule has 0 aromatic rings. The van der Waals surface area contributed by atoms with E-state index in [-0.39, 0.29) is 12.1 Å². The summed E-state index contributed by atoms with van der Waals surface area (Å²) >= 11 is 0. The predicted molar refractivity (Wildman–Crippen MR) is 66.5 cm³/mol. The van der Waals surface area contributed by atoms with E-state index >= 15 is 0 Å². The number of hydrogen-bond donors (Lipinski definition) is 1. The Morgan fingerprint density at radius 2 is 2.17 bits per heavy atom. The molecule has 0 aromatic heterocycles. The second-order valence-corrected chi connectivity index (χ2v) is 5.28. The Hall–Kier alpha value is -0.650. The van der Waals surface area contributed by atoms with Crippen LogP contribution in [0.4, 0.5) is 0 Å². The first-order valence-corrected chi connectivity index (χ1v) is 6.81. The fourth-order valence-corrected chi connectivity index (χ4v) is 2.92. The highest BCUT2D eigenvalue weighted by molar-refractivity contribution is 5.71. The summed E-state index contributed by atoms with van der Waals surface area (Å²) in [6.07, 6.45) is 2.76. The van der Waals surface area contributed by atoms with Gasteiger partial charge in [-0.15, -0.1) is 0 Å². The molecule has 2 saturated heterocycles. The Morgan fingerprint density at radius 3 is 2.72 bits per heavy atom. The Morgan fingerprint density at radius 1 is 1.39 bits per heavy atom. The highest BCUT2D eigenvalue weighted by Crippen LogP contribution is 2.24. The Bertz CT molecular complexity index is 297. The Labute approximate surface area is 108 Å². The van der Waals surface area contributed by atoms with Crippen molar-refractivity contribution in [1.82, 2.24) is 4.90 Å². The SMILES string of the molecule is CCN(CC1CCC(C)O1)C1COCC1C(=O)O. The summed E-state index contributed by atoms with van der Waals surface area (Å²) in [5.74, 6) is -1.15. The molecule has 5 nitrogen and oxygen atoms in total. The monoisotopic (exact) mass is 257 g/mol. The first-order valence-electron chi connectivity index (χ1n) is 6.81. The van der Waals surface area contributed by atoms with E-state index in [9.17, 15) is 9.90 Å². The number of nitrogens with zero attached hydrogens (tertiary/aromatic N) is 1. The number of ether oxygens (including phenoxy) is 2. The first-order chi connectivity index (χ1) is 8.61. The lowest BCUT2D eigenvalue weighted by atomic mass is 10.0. The van der Waals surface area contributed by atoms with Crippen LogP contribution in [-0.2, 0) is 14.3 Å². The minimum Gasteiger partial charge on any atom is -0.481 e. The number of hydrogen-bond acceptors (Lipinski definition) is 4.